The highest BCUT2D eigenvalue weighted by Gasteiger charge is 2.22. The molecule has 0 atom stereocenters. The van der Waals surface area contributed by atoms with Gasteiger partial charge >= 0.3 is 0 Å². The van der Waals surface area contributed by atoms with Gasteiger partial charge in [0.15, 0.2) is 0 Å². The second kappa shape index (κ2) is 9.01. The van der Waals surface area contributed by atoms with Crippen LogP contribution < -0.4 is 16.0 Å². The first-order chi connectivity index (χ1) is 15.0. The van der Waals surface area contributed by atoms with Crippen LogP contribution in [0.4, 0.5) is 11.6 Å². The zero-order chi connectivity index (χ0) is 21.8. The highest BCUT2D eigenvalue weighted by molar-refractivity contribution is 5.95. The molecule has 2 heterocycles. The summed E-state index contributed by atoms with van der Waals surface area (Å²) < 4.78 is 2.09. The van der Waals surface area contributed by atoms with Crippen molar-refractivity contribution in [2.45, 2.75) is 6.92 Å². The van der Waals surface area contributed by atoms with E-state index in [1.165, 1.54) is 5.56 Å². The van der Waals surface area contributed by atoms with E-state index >= 15 is 0 Å². The van der Waals surface area contributed by atoms with Crippen LogP contribution >= 0.6 is 0 Å². The van der Waals surface area contributed by atoms with E-state index in [1.807, 2.05) is 12.4 Å². The molecule has 0 spiro atoms. The lowest BCUT2D eigenvalue weighted by atomic mass is 10.2. The SMILES string of the molecule is Cc1ccc(-n2ccnc2N2CCN(CC(=O)Nc3ccc(C(N)=O)cc3)CC2)cc1. The molecule has 3 N–H and O–H groups in total. The van der Waals surface area contributed by atoms with Gasteiger partial charge in [-0.3, -0.25) is 19.1 Å². The summed E-state index contributed by atoms with van der Waals surface area (Å²) in [5.74, 6) is 0.350. The smallest absolute Gasteiger partial charge is 0.248 e. The third-order valence-electron chi connectivity index (χ3n) is 5.41. The van der Waals surface area contributed by atoms with Crippen LogP contribution in [0.25, 0.3) is 5.69 Å². The number of nitrogens with two attached hydrogens (primary N) is 1. The number of benzene rings is 2. The molecule has 1 aromatic heterocycles. The van der Waals surface area contributed by atoms with Gasteiger partial charge in [0, 0.05) is 55.5 Å². The van der Waals surface area contributed by atoms with Gasteiger partial charge in [0.2, 0.25) is 17.8 Å². The number of rotatable bonds is 6. The predicted molar refractivity (Wildman–Crippen MR) is 121 cm³/mol. The Kier molecular flexibility index (Phi) is 5.99. The van der Waals surface area contributed by atoms with Gasteiger partial charge in [-0.2, -0.15) is 0 Å². The minimum absolute atomic E-state index is 0.0820. The summed E-state index contributed by atoms with van der Waals surface area (Å²) in [6.07, 6.45) is 3.79. The largest absolute Gasteiger partial charge is 0.366 e. The van der Waals surface area contributed by atoms with Gasteiger partial charge in [0.05, 0.1) is 6.54 Å². The van der Waals surface area contributed by atoms with Crippen LogP contribution in [0.5, 0.6) is 0 Å². The lowest BCUT2D eigenvalue weighted by Crippen LogP contribution is -2.49. The van der Waals surface area contributed by atoms with Gasteiger partial charge < -0.3 is 16.0 Å². The molecule has 1 aliphatic rings. The minimum atomic E-state index is -0.487. The second-order valence-electron chi connectivity index (χ2n) is 7.69. The van der Waals surface area contributed by atoms with E-state index in [-0.39, 0.29) is 5.91 Å². The number of nitrogens with zero attached hydrogens (tertiary/aromatic N) is 4. The van der Waals surface area contributed by atoms with Crippen molar-refractivity contribution in [3.63, 3.8) is 0 Å². The quantitative estimate of drug-likeness (QED) is 0.639. The Bertz CT molecular complexity index is 1050. The fraction of sp³-hybridized carbons (Fsp3) is 0.261. The van der Waals surface area contributed by atoms with E-state index in [9.17, 15) is 9.59 Å². The standard InChI is InChI=1S/C23H26N6O2/c1-17-2-8-20(9-3-17)29-11-10-25-23(29)28-14-12-27(13-15-28)16-21(30)26-19-6-4-18(5-7-19)22(24)31/h2-11H,12-16H2,1H3,(H2,24,31)(H,26,30). The van der Waals surface area contributed by atoms with Crippen LogP contribution in [0.3, 0.4) is 0 Å². The Morgan fingerprint density at radius 3 is 2.32 bits per heavy atom. The Morgan fingerprint density at radius 2 is 1.68 bits per heavy atom. The van der Waals surface area contributed by atoms with Crippen LogP contribution in [-0.2, 0) is 4.79 Å². The Labute approximate surface area is 181 Å². The van der Waals surface area contributed by atoms with Crippen LogP contribution in [0, 0.1) is 6.92 Å². The topological polar surface area (TPSA) is 96.5 Å². The number of aryl methyl sites for hydroxylation is 1. The van der Waals surface area contributed by atoms with Crippen molar-refractivity contribution in [2.24, 2.45) is 5.73 Å². The van der Waals surface area contributed by atoms with Gasteiger partial charge in [0.25, 0.3) is 0 Å². The molecule has 8 nitrogen and oxygen atoms in total. The molecule has 1 aliphatic heterocycles. The van der Waals surface area contributed by atoms with Crippen molar-refractivity contribution in [3.05, 3.63) is 72.1 Å². The number of carbonyl (C=O) groups is 2. The first kappa shape index (κ1) is 20.6. The molecule has 160 valence electrons. The van der Waals surface area contributed by atoms with Crippen LogP contribution in [0.15, 0.2) is 60.9 Å². The van der Waals surface area contributed by atoms with Crippen LogP contribution in [0.1, 0.15) is 15.9 Å². The zero-order valence-corrected chi connectivity index (χ0v) is 17.5. The summed E-state index contributed by atoms with van der Waals surface area (Å²) in [7, 11) is 0. The molecule has 2 aromatic carbocycles. The Morgan fingerprint density at radius 1 is 1.00 bits per heavy atom. The Hall–Kier alpha value is -3.65. The highest BCUT2D eigenvalue weighted by atomic mass is 16.2. The molecule has 0 bridgehead atoms. The summed E-state index contributed by atoms with van der Waals surface area (Å²) in [4.78, 5) is 32.5. The number of anilines is 2. The van der Waals surface area contributed by atoms with E-state index in [0.717, 1.165) is 37.8 Å². The molecule has 0 radical (unpaired) electrons. The molecule has 4 rings (SSSR count). The molecule has 0 saturated carbocycles. The molecule has 0 aliphatic carbocycles. The highest BCUT2D eigenvalue weighted by Crippen LogP contribution is 2.20. The number of aromatic nitrogens is 2. The van der Waals surface area contributed by atoms with Gasteiger partial charge in [0.1, 0.15) is 0 Å². The average Bonchev–Trinajstić information content (AvgIpc) is 3.25. The average molecular weight is 419 g/mol. The fourth-order valence-electron chi connectivity index (χ4n) is 3.66. The number of imidazole rings is 1. The lowest BCUT2D eigenvalue weighted by molar-refractivity contribution is -0.117. The van der Waals surface area contributed by atoms with E-state index in [2.05, 4.69) is 55.9 Å². The third kappa shape index (κ3) is 4.92. The van der Waals surface area contributed by atoms with Gasteiger partial charge in [-0.15, -0.1) is 0 Å². The van der Waals surface area contributed by atoms with Crippen molar-refractivity contribution in [2.75, 3.05) is 42.9 Å². The van der Waals surface area contributed by atoms with Crippen molar-refractivity contribution < 1.29 is 9.59 Å². The third-order valence-corrected chi connectivity index (χ3v) is 5.41. The van der Waals surface area contributed by atoms with Crippen molar-refractivity contribution >= 4 is 23.5 Å². The molecular formula is C23H26N6O2. The Balaban J connectivity index is 1.31. The predicted octanol–water partition coefficient (Wildman–Crippen LogP) is 2.04. The molecule has 2 amide bonds. The van der Waals surface area contributed by atoms with Crippen molar-refractivity contribution in [3.8, 4) is 5.69 Å². The van der Waals surface area contributed by atoms with E-state index < -0.39 is 5.91 Å². The molecule has 0 unspecified atom stereocenters. The monoisotopic (exact) mass is 418 g/mol. The molecule has 3 aromatic rings. The number of carbonyl (C=O) groups excluding carboxylic acids is 2. The number of primary amides is 1. The number of hydrogen-bond donors (Lipinski definition) is 2. The number of nitrogens with one attached hydrogen (secondary N) is 1. The molecule has 1 fully saturated rings. The lowest BCUT2D eigenvalue weighted by Gasteiger charge is -2.35. The van der Waals surface area contributed by atoms with Crippen LogP contribution in [0.2, 0.25) is 0 Å². The molecule has 1 saturated heterocycles. The van der Waals surface area contributed by atoms with E-state index in [1.54, 1.807) is 24.3 Å². The maximum atomic E-state index is 12.4. The van der Waals surface area contributed by atoms with E-state index in [0.29, 0.717) is 17.8 Å². The first-order valence-electron chi connectivity index (χ1n) is 10.3. The number of piperazine rings is 1. The fourth-order valence-corrected chi connectivity index (χ4v) is 3.66. The van der Waals surface area contributed by atoms with Crippen LogP contribution in [-0.4, -0.2) is 59.0 Å². The summed E-state index contributed by atoms with van der Waals surface area (Å²) in [6.45, 7) is 5.53. The van der Waals surface area contributed by atoms with Gasteiger partial charge in [-0.25, -0.2) is 4.98 Å². The summed E-state index contributed by atoms with van der Waals surface area (Å²) in [5, 5.41) is 2.87. The van der Waals surface area contributed by atoms with Crippen molar-refractivity contribution in [1.82, 2.24) is 14.5 Å². The number of amides is 2. The maximum absolute atomic E-state index is 12.4. The molecule has 8 heteroatoms. The number of hydrogen-bond acceptors (Lipinski definition) is 5. The molecule has 31 heavy (non-hydrogen) atoms. The van der Waals surface area contributed by atoms with Crippen molar-refractivity contribution in [1.29, 1.82) is 0 Å². The normalized spacial score (nSPS) is 14.4. The second-order valence-corrected chi connectivity index (χ2v) is 7.69. The summed E-state index contributed by atoms with van der Waals surface area (Å²) in [5.41, 5.74) is 8.61. The van der Waals surface area contributed by atoms with E-state index in [4.69, 9.17) is 5.73 Å². The first-order valence-corrected chi connectivity index (χ1v) is 10.3. The minimum Gasteiger partial charge on any atom is -0.366 e. The molecular weight excluding hydrogens is 392 g/mol. The van der Waals surface area contributed by atoms with Gasteiger partial charge in [-0.05, 0) is 43.3 Å². The summed E-state index contributed by atoms with van der Waals surface area (Å²) >= 11 is 0. The van der Waals surface area contributed by atoms with Gasteiger partial charge in [-0.1, -0.05) is 17.7 Å². The summed E-state index contributed by atoms with van der Waals surface area (Å²) in [6, 6.07) is 14.9. The zero-order valence-electron chi connectivity index (χ0n) is 17.5. The maximum Gasteiger partial charge on any atom is 0.248 e.